The molecule has 2 aliphatic rings. The van der Waals surface area contributed by atoms with Crippen molar-refractivity contribution in [2.75, 3.05) is 20.2 Å². The molecular weight excluding hydrogens is 352 g/mol. The zero-order valence-electron chi connectivity index (χ0n) is 14.5. The van der Waals surface area contributed by atoms with Crippen molar-refractivity contribution in [3.63, 3.8) is 0 Å². The van der Waals surface area contributed by atoms with Gasteiger partial charge in [-0.05, 0) is 62.4 Å². The summed E-state index contributed by atoms with van der Waals surface area (Å²) in [5.41, 5.74) is -1.82. The molecule has 1 N–H and O–H groups in total. The first-order valence-corrected chi connectivity index (χ1v) is 8.73. The van der Waals surface area contributed by atoms with E-state index < -0.39 is 29.2 Å². The van der Waals surface area contributed by atoms with Gasteiger partial charge in [0.15, 0.2) is 0 Å². The highest BCUT2D eigenvalue weighted by Gasteiger charge is 2.48. The number of hydrogen-bond donors (Lipinski definition) is 1. The molecule has 3 rings (SSSR count). The number of alkyl halides is 3. The zero-order chi connectivity index (χ0) is 18.9. The van der Waals surface area contributed by atoms with Crippen LogP contribution in [0.25, 0.3) is 0 Å². The number of hydrogen-bond acceptors (Lipinski definition) is 3. The molecule has 1 aliphatic carbocycles. The molecular formula is C18H22F4N2O2. The Morgan fingerprint density at radius 1 is 1.31 bits per heavy atom. The molecule has 0 aromatic heterocycles. The average Bonchev–Trinajstić information content (AvgIpc) is 3.04. The molecule has 26 heavy (non-hydrogen) atoms. The minimum Gasteiger partial charge on any atom is -0.453 e. The summed E-state index contributed by atoms with van der Waals surface area (Å²) in [4.78, 5) is 13.9. The van der Waals surface area contributed by atoms with Crippen LogP contribution >= 0.6 is 0 Å². The van der Waals surface area contributed by atoms with Crippen molar-refractivity contribution < 1.29 is 27.1 Å². The van der Waals surface area contributed by atoms with E-state index in [0.717, 1.165) is 37.9 Å². The predicted octanol–water partition coefficient (Wildman–Crippen LogP) is 4.04. The summed E-state index contributed by atoms with van der Waals surface area (Å²) < 4.78 is 58.2. The van der Waals surface area contributed by atoms with E-state index in [1.807, 2.05) is 0 Å². The van der Waals surface area contributed by atoms with Crippen molar-refractivity contribution in [2.24, 2.45) is 0 Å². The molecule has 0 bridgehead atoms. The SMILES string of the molecule is COC(=O)N(C[C@@H]1CCCN1)C1(c2cc(F)cc(C(F)(F)F)c2)CCC1. The van der Waals surface area contributed by atoms with Gasteiger partial charge in [0.25, 0.3) is 0 Å². The normalized spacial score (nSPS) is 22.0. The Labute approximate surface area is 149 Å². The van der Waals surface area contributed by atoms with Gasteiger partial charge in [-0.3, -0.25) is 4.90 Å². The van der Waals surface area contributed by atoms with Crippen LogP contribution in [0.15, 0.2) is 18.2 Å². The summed E-state index contributed by atoms with van der Waals surface area (Å²) in [6, 6.07) is 2.60. The number of ether oxygens (including phenoxy) is 1. The number of carbonyl (C=O) groups is 1. The van der Waals surface area contributed by atoms with Crippen LogP contribution in [-0.2, 0) is 16.5 Å². The summed E-state index contributed by atoms with van der Waals surface area (Å²) in [5.74, 6) is -0.954. The number of amides is 1. The molecule has 1 heterocycles. The van der Waals surface area contributed by atoms with Crippen LogP contribution < -0.4 is 5.32 Å². The fraction of sp³-hybridized carbons (Fsp3) is 0.611. The highest BCUT2D eigenvalue weighted by Crippen LogP contribution is 2.48. The van der Waals surface area contributed by atoms with Gasteiger partial charge < -0.3 is 10.1 Å². The number of nitrogens with one attached hydrogen (secondary N) is 1. The lowest BCUT2D eigenvalue weighted by Gasteiger charge is -2.50. The van der Waals surface area contributed by atoms with E-state index >= 15 is 0 Å². The lowest BCUT2D eigenvalue weighted by molar-refractivity contribution is -0.138. The van der Waals surface area contributed by atoms with Crippen LogP contribution in [0.2, 0.25) is 0 Å². The van der Waals surface area contributed by atoms with Gasteiger partial charge >= 0.3 is 12.3 Å². The summed E-state index contributed by atoms with van der Waals surface area (Å²) in [5, 5.41) is 3.28. The lowest BCUT2D eigenvalue weighted by atomic mass is 9.70. The molecule has 144 valence electrons. The van der Waals surface area contributed by atoms with Gasteiger partial charge in [-0.15, -0.1) is 0 Å². The number of rotatable bonds is 4. The van der Waals surface area contributed by atoms with Crippen molar-refractivity contribution in [3.8, 4) is 0 Å². The number of carbonyl (C=O) groups excluding carboxylic acids is 1. The molecule has 2 fully saturated rings. The lowest BCUT2D eigenvalue weighted by Crippen LogP contribution is -2.57. The molecule has 1 atom stereocenters. The van der Waals surface area contributed by atoms with Crippen LogP contribution in [0.3, 0.4) is 0 Å². The van der Waals surface area contributed by atoms with E-state index in [9.17, 15) is 22.4 Å². The average molecular weight is 374 g/mol. The second-order valence-corrected chi connectivity index (χ2v) is 6.99. The molecule has 4 nitrogen and oxygen atoms in total. The summed E-state index contributed by atoms with van der Waals surface area (Å²) >= 11 is 0. The van der Waals surface area contributed by atoms with Crippen molar-refractivity contribution in [3.05, 3.63) is 35.1 Å². The van der Waals surface area contributed by atoms with Gasteiger partial charge in [0.1, 0.15) is 5.82 Å². The number of benzene rings is 1. The molecule has 8 heteroatoms. The van der Waals surface area contributed by atoms with Crippen LogP contribution in [0, 0.1) is 5.82 Å². The molecule has 0 spiro atoms. The van der Waals surface area contributed by atoms with Crippen LogP contribution in [0.5, 0.6) is 0 Å². The molecule has 0 unspecified atom stereocenters. The van der Waals surface area contributed by atoms with E-state index in [1.165, 1.54) is 12.0 Å². The fourth-order valence-corrected chi connectivity index (χ4v) is 3.92. The van der Waals surface area contributed by atoms with Crippen LogP contribution in [0.1, 0.15) is 43.2 Å². The Hall–Kier alpha value is -1.83. The molecule has 1 amide bonds. The topological polar surface area (TPSA) is 41.6 Å². The Morgan fingerprint density at radius 3 is 2.54 bits per heavy atom. The number of methoxy groups -OCH3 is 1. The van der Waals surface area contributed by atoms with Gasteiger partial charge in [-0.2, -0.15) is 13.2 Å². The zero-order valence-corrected chi connectivity index (χ0v) is 14.5. The predicted molar refractivity (Wildman–Crippen MR) is 87.1 cm³/mol. The van der Waals surface area contributed by atoms with Crippen LogP contribution in [-0.4, -0.2) is 37.2 Å². The van der Waals surface area contributed by atoms with E-state index in [1.54, 1.807) is 0 Å². The van der Waals surface area contributed by atoms with Crippen molar-refractivity contribution in [1.82, 2.24) is 10.2 Å². The minimum atomic E-state index is -4.65. The third kappa shape index (κ3) is 3.51. The first kappa shape index (κ1) is 18.9. The first-order valence-electron chi connectivity index (χ1n) is 8.73. The molecule has 1 aromatic rings. The number of nitrogens with zero attached hydrogens (tertiary/aromatic N) is 1. The Morgan fingerprint density at radius 2 is 2.04 bits per heavy atom. The van der Waals surface area contributed by atoms with E-state index in [-0.39, 0.29) is 11.6 Å². The summed E-state index contributed by atoms with van der Waals surface area (Å²) in [6.07, 6.45) is -1.68. The van der Waals surface area contributed by atoms with Crippen molar-refractivity contribution in [2.45, 2.75) is 49.9 Å². The maximum atomic E-state index is 14.0. The third-order valence-corrected chi connectivity index (χ3v) is 5.42. The minimum absolute atomic E-state index is 0.0576. The Bertz CT molecular complexity index is 668. The monoisotopic (exact) mass is 374 g/mol. The maximum absolute atomic E-state index is 14.0. The standard InChI is InChI=1S/C18H22F4N2O2/c1-26-16(25)24(11-15-4-2-7-23-15)17(5-3-6-17)12-8-13(18(20,21)22)10-14(19)9-12/h8-10,15,23H,2-7,11H2,1H3/t15-/m0/s1. The molecule has 1 saturated carbocycles. The van der Waals surface area contributed by atoms with E-state index in [0.29, 0.717) is 25.5 Å². The highest BCUT2D eigenvalue weighted by molar-refractivity contribution is 5.69. The van der Waals surface area contributed by atoms with Gasteiger partial charge in [0.2, 0.25) is 0 Å². The van der Waals surface area contributed by atoms with Gasteiger partial charge in [-0.25, -0.2) is 9.18 Å². The Kier molecular flexibility index (Phi) is 5.14. The molecule has 1 aliphatic heterocycles. The molecule has 1 aromatic carbocycles. The number of halogens is 4. The van der Waals surface area contributed by atoms with Gasteiger partial charge in [0, 0.05) is 12.6 Å². The largest absolute Gasteiger partial charge is 0.453 e. The fourth-order valence-electron chi connectivity index (χ4n) is 3.92. The van der Waals surface area contributed by atoms with Gasteiger partial charge in [0.05, 0.1) is 18.2 Å². The van der Waals surface area contributed by atoms with Crippen molar-refractivity contribution in [1.29, 1.82) is 0 Å². The maximum Gasteiger partial charge on any atom is 0.416 e. The third-order valence-electron chi connectivity index (χ3n) is 5.42. The quantitative estimate of drug-likeness (QED) is 0.809. The first-order chi connectivity index (χ1) is 12.3. The molecule has 1 saturated heterocycles. The summed E-state index contributed by atoms with van der Waals surface area (Å²) in [7, 11) is 1.25. The second-order valence-electron chi connectivity index (χ2n) is 6.99. The summed E-state index contributed by atoms with van der Waals surface area (Å²) in [6.45, 7) is 1.16. The smallest absolute Gasteiger partial charge is 0.416 e. The van der Waals surface area contributed by atoms with Crippen molar-refractivity contribution >= 4 is 6.09 Å². The van der Waals surface area contributed by atoms with Crippen LogP contribution in [0.4, 0.5) is 22.4 Å². The van der Waals surface area contributed by atoms with E-state index in [4.69, 9.17) is 4.74 Å². The van der Waals surface area contributed by atoms with Gasteiger partial charge in [-0.1, -0.05) is 0 Å². The highest BCUT2D eigenvalue weighted by atomic mass is 19.4. The Balaban J connectivity index is 2.00. The second kappa shape index (κ2) is 7.06. The van der Waals surface area contributed by atoms with E-state index in [2.05, 4.69) is 5.32 Å². The molecule has 0 radical (unpaired) electrons.